The van der Waals surface area contributed by atoms with Crippen molar-refractivity contribution in [2.75, 3.05) is 20.2 Å². The highest BCUT2D eigenvalue weighted by Gasteiger charge is 2.40. The number of rotatable bonds is 9. The van der Waals surface area contributed by atoms with Gasteiger partial charge in [-0.25, -0.2) is 4.79 Å². The second kappa shape index (κ2) is 12.7. The minimum absolute atomic E-state index is 0.0749. The first-order valence-corrected chi connectivity index (χ1v) is 12.8. The van der Waals surface area contributed by atoms with Gasteiger partial charge < -0.3 is 15.0 Å². The molecule has 7 nitrogen and oxygen atoms in total. The van der Waals surface area contributed by atoms with Gasteiger partial charge in [-0.05, 0) is 57.8 Å². The van der Waals surface area contributed by atoms with Crippen molar-refractivity contribution < 1.29 is 19.1 Å². The third-order valence-electron chi connectivity index (χ3n) is 6.72. The van der Waals surface area contributed by atoms with Crippen LogP contribution in [0.3, 0.4) is 0 Å². The normalized spacial score (nSPS) is 21.9. The standard InChI is InChI=1S/C27H49N3O4/c1-12-34-26(33)20(7)15-22(17(2)3)29(11)25(32)23(27(8,9)10)28-24(31)21-14-13-19(6)16-30(21)18(4)5/h15,17-19,21-23H,12-14,16H2,1-11H3,(H,28,31)/b20-15+/t19-,21?,22-,23?/m1/s1. The van der Waals surface area contributed by atoms with Crippen molar-refractivity contribution in [1.82, 2.24) is 15.1 Å². The average molecular weight is 480 g/mol. The molecule has 2 unspecified atom stereocenters. The highest BCUT2D eigenvalue weighted by molar-refractivity contribution is 5.91. The van der Waals surface area contributed by atoms with E-state index in [2.05, 4.69) is 31.0 Å². The number of nitrogens with one attached hydrogen (secondary N) is 1. The fourth-order valence-corrected chi connectivity index (χ4v) is 4.60. The molecule has 1 aliphatic heterocycles. The zero-order chi connectivity index (χ0) is 26.4. The van der Waals surface area contributed by atoms with Gasteiger partial charge in [0.1, 0.15) is 6.04 Å². The number of piperidine rings is 1. The maximum atomic E-state index is 13.8. The second-order valence-corrected chi connectivity index (χ2v) is 11.6. The molecular formula is C27H49N3O4. The molecule has 1 rings (SSSR count). The van der Waals surface area contributed by atoms with Gasteiger partial charge in [0.05, 0.1) is 18.7 Å². The molecule has 1 fully saturated rings. The van der Waals surface area contributed by atoms with Crippen molar-refractivity contribution in [3.05, 3.63) is 11.6 Å². The summed E-state index contributed by atoms with van der Waals surface area (Å²) in [6.07, 6.45) is 3.59. The van der Waals surface area contributed by atoms with Gasteiger partial charge >= 0.3 is 5.97 Å². The number of likely N-dealkylation sites (tertiary alicyclic amines) is 1. The Bertz CT molecular complexity index is 739. The zero-order valence-electron chi connectivity index (χ0n) is 23.4. The second-order valence-electron chi connectivity index (χ2n) is 11.6. The Morgan fingerprint density at radius 2 is 1.74 bits per heavy atom. The lowest BCUT2D eigenvalue weighted by atomic mass is 9.84. The van der Waals surface area contributed by atoms with Crippen molar-refractivity contribution in [3.63, 3.8) is 0 Å². The molecule has 2 amide bonds. The summed E-state index contributed by atoms with van der Waals surface area (Å²) in [4.78, 5) is 43.3. The molecule has 0 aromatic heterocycles. The fraction of sp³-hybridized carbons (Fsp3) is 0.815. The molecule has 0 radical (unpaired) electrons. The van der Waals surface area contributed by atoms with Crippen molar-refractivity contribution >= 4 is 17.8 Å². The van der Waals surface area contributed by atoms with Crippen molar-refractivity contribution in [2.24, 2.45) is 17.3 Å². The van der Waals surface area contributed by atoms with Gasteiger partial charge in [0.25, 0.3) is 0 Å². The summed E-state index contributed by atoms with van der Waals surface area (Å²) in [5, 5.41) is 3.11. The van der Waals surface area contributed by atoms with Crippen LogP contribution in [-0.4, -0.2) is 72.0 Å². The van der Waals surface area contributed by atoms with Gasteiger partial charge in [0, 0.05) is 25.2 Å². The summed E-state index contributed by atoms with van der Waals surface area (Å²) in [6, 6.07) is -0.963. The van der Waals surface area contributed by atoms with Gasteiger partial charge in [0.15, 0.2) is 0 Å². The molecule has 0 bridgehead atoms. The number of likely N-dealkylation sites (N-methyl/N-ethyl adjacent to an activating group) is 1. The van der Waals surface area contributed by atoms with Crippen molar-refractivity contribution in [3.8, 4) is 0 Å². The molecule has 34 heavy (non-hydrogen) atoms. The number of carbonyl (C=O) groups excluding carboxylic acids is 3. The molecule has 1 heterocycles. The quantitative estimate of drug-likeness (QED) is 0.399. The van der Waals surface area contributed by atoms with Gasteiger partial charge in [-0.15, -0.1) is 0 Å². The number of ether oxygens (including phenoxy) is 1. The number of amides is 2. The molecule has 0 aromatic rings. The minimum atomic E-state index is -0.684. The third-order valence-corrected chi connectivity index (χ3v) is 6.72. The summed E-state index contributed by atoms with van der Waals surface area (Å²) in [6.45, 7) is 21.0. The van der Waals surface area contributed by atoms with Gasteiger partial charge in [0.2, 0.25) is 11.8 Å². The lowest BCUT2D eigenvalue weighted by Crippen LogP contribution is -2.61. The summed E-state index contributed by atoms with van der Waals surface area (Å²) in [7, 11) is 1.75. The van der Waals surface area contributed by atoms with E-state index in [-0.39, 0.29) is 41.8 Å². The number of carbonyl (C=O) groups is 3. The molecule has 1 N–H and O–H groups in total. The van der Waals surface area contributed by atoms with Gasteiger partial charge in [-0.1, -0.05) is 47.6 Å². The summed E-state index contributed by atoms with van der Waals surface area (Å²) in [5.41, 5.74) is -0.00648. The van der Waals surface area contributed by atoms with Crippen LogP contribution >= 0.6 is 0 Å². The average Bonchev–Trinajstić information content (AvgIpc) is 2.73. The maximum Gasteiger partial charge on any atom is 0.333 e. The fourth-order valence-electron chi connectivity index (χ4n) is 4.60. The van der Waals surface area contributed by atoms with Gasteiger partial charge in [-0.2, -0.15) is 0 Å². The van der Waals surface area contributed by atoms with E-state index in [1.54, 1.807) is 31.9 Å². The predicted molar refractivity (Wildman–Crippen MR) is 137 cm³/mol. The van der Waals surface area contributed by atoms with E-state index in [0.717, 1.165) is 19.4 Å². The first-order chi connectivity index (χ1) is 15.6. The molecule has 0 aliphatic carbocycles. The first-order valence-electron chi connectivity index (χ1n) is 12.8. The van der Waals surface area contributed by atoms with Crippen LogP contribution in [0.4, 0.5) is 0 Å². The number of esters is 1. The van der Waals surface area contributed by atoms with E-state index in [9.17, 15) is 14.4 Å². The van der Waals surface area contributed by atoms with Crippen LogP contribution in [-0.2, 0) is 19.1 Å². The van der Waals surface area contributed by atoms with Crippen LogP contribution in [0.15, 0.2) is 11.6 Å². The van der Waals surface area contributed by atoms with Crippen molar-refractivity contribution in [2.45, 2.75) is 106 Å². The number of nitrogens with zero attached hydrogens (tertiary/aromatic N) is 2. The Morgan fingerprint density at radius 1 is 1.15 bits per heavy atom. The summed E-state index contributed by atoms with van der Waals surface area (Å²) in [5.74, 6) is 0.00842. The van der Waals surface area contributed by atoms with E-state index >= 15 is 0 Å². The third kappa shape index (κ3) is 8.10. The largest absolute Gasteiger partial charge is 0.463 e. The monoisotopic (exact) mass is 479 g/mol. The van der Waals surface area contributed by atoms with E-state index in [4.69, 9.17) is 4.74 Å². The van der Waals surface area contributed by atoms with E-state index < -0.39 is 11.5 Å². The number of hydrogen-bond acceptors (Lipinski definition) is 5. The van der Waals surface area contributed by atoms with Crippen LogP contribution in [0.1, 0.15) is 82.1 Å². The molecule has 0 aromatic carbocycles. The Balaban J connectivity index is 3.17. The van der Waals surface area contributed by atoms with Crippen LogP contribution in [0.2, 0.25) is 0 Å². The molecule has 4 atom stereocenters. The highest BCUT2D eigenvalue weighted by Crippen LogP contribution is 2.27. The van der Waals surface area contributed by atoms with Crippen LogP contribution < -0.4 is 5.32 Å². The molecule has 1 aliphatic rings. The molecule has 7 heteroatoms. The Morgan fingerprint density at radius 3 is 2.21 bits per heavy atom. The first kappa shape index (κ1) is 30.1. The van der Waals surface area contributed by atoms with Crippen LogP contribution in [0.5, 0.6) is 0 Å². The van der Waals surface area contributed by atoms with Crippen LogP contribution in [0.25, 0.3) is 0 Å². The SMILES string of the molecule is CCOC(=O)/C(C)=C/[C@H](C(C)C)N(C)C(=O)C(NC(=O)C1CC[C@@H](C)CN1C(C)C)C(C)(C)C. The van der Waals surface area contributed by atoms with Crippen LogP contribution in [0, 0.1) is 17.3 Å². The lowest BCUT2D eigenvalue weighted by Gasteiger charge is -2.42. The molecule has 1 saturated heterocycles. The Hall–Kier alpha value is -1.89. The van der Waals surface area contributed by atoms with Gasteiger partial charge in [-0.3, -0.25) is 14.5 Å². The summed E-state index contributed by atoms with van der Waals surface area (Å²) >= 11 is 0. The molecular weight excluding hydrogens is 430 g/mol. The van der Waals surface area contributed by atoms with E-state index in [1.807, 2.05) is 34.6 Å². The Labute approximate surface area is 207 Å². The van der Waals surface area contributed by atoms with Crippen molar-refractivity contribution in [1.29, 1.82) is 0 Å². The number of hydrogen-bond donors (Lipinski definition) is 1. The zero-order valence-corrected chi connectivity index (χ0v) is 23.4. The highest BCUT2D eigenvalue weighted by atomic mass is 16.5. The summed E-state index contributed by atoms with van der Waals surface area (Å²) < 4.78 is 5.11. The van der Waals surface area contributed by atoms with E-state index in [0.29, 0.717) is 18.1 Å². The van der Waals surface area contributed by atoms with E-state index in [1.165, 1.54) is 0 Å². The smallest absolute Gasteiger partial charge is 0.333 e. The molecule has 0 saturated carbocycles. The maximum absolute atomic E-state index is 13.8. The molecule has 0 spiro atoms. The molecule has 196 valence electrons. The Kier molecular flexibility index (Phi) is 11.3. The lowest BCUT2D eigenvalue weighted by molar-refractivity contribution is -0.142. The predicted octanol–water partition coefficient (Wildman–Crippen LogP) is 4.02. The topological polar surface area (TPSA) is 79.0 Å². The minimum Gasteiger partial charge on any atom is -0.463 e.